The number of carboxylic acid groups (broad SMARTS) is 1. The minimum Gasteiger partial charge on any atom is -0.506 e. The molecule has 2 aromatic carbocycles. The van der Waals surface area contributed by atoms with Gasteiger partial charge in [-0.3, -0.25) is 0 Å². The Labute approximate surface area is 99.0 Å². The van der Waals surface area contributed by atoms with Crippen LogP contribution in [0.25, 0.3) is 11.1 Å². The monoisotopic (exact) mass is 228 g/mol. The summed E-state index contributed by atoms with van der Waals surface area (Å²) in [5.41, 5.74) is 2.09. The first kappa shape index (κ1) is 11.2. The number of aromatic hydroxyl groups is 1. The number of phenols is 1. The largest absolute Gasteiger partial charge is 0.506 e. The van der Waals surface area contributed by atoms with E-state index in [0.717, 1.165) is 11.1 Å². The maximum absolute atomic E-state index is 11.0. The second-order valence-electron chi connectivity index (χ2n) is 3.88. The summed E-state index contributed by atoms with van der Waals surface area (Å²) in [6.45, 7) is 1.80. The van der Waals surface area contributed by atoms with Crippen molar-refractivity contribution in [3.8, 4) is 16.9 Å². The number of aromatic carboxylic acids is 1. The number of aryl methyl sites for hydroxylation is 1. The van der Waals surface area contributed by atoms with Gasteiger partial charge in [0, 0.05) is 5.56 Å². The molecular formula is C14H12O3. The molecule has 0 saturated heterocycles. The second-order valence-corrected chi connectivity index (χ2v) is 3.88. The summed E-state index contributed by atoms with van der Waals surface area (Å²) in [4.78, 5) is 11.0. The lowest BCUT2D eigenvalue weighted by Gasteiger charge is -2.09. The summed E-state index contributed by atoms with van der Waals surface area (Å²) < 4.78 is 0. The van der Waals surface area contributed by atoms with Crippen molar-refractivity contribution < 1.29 is 15.0 Å². The summed E-state index contributed by atoms with van der Waals surface area (Å²) in [5, 5.41) is 19.0. The van der Waals surface area contributed by atoms with Gasteiger partial charge in [0.1, 0.15) is 11.3 Å². The molecule has 0 atom stereocenters. The van der Waals surface area contributed by atoms with Crippen molar-refractivity contribution in [2.45, 2.75) is 6.92 Å². The van der Waals surface area contributed by atoms with Crippen LogP contribution >= 0.6 is 0 Å². The first-order valence-electron chi connectivity index (χ1n) is 5.22. The fraction of sp³-hybridized carbons (Fsp3) is 0.0714. The van der Waals surface area contributed by atoms with Crippen molar-refractivity contribution in [2.75, 3.05) is 0 Å². The van der Waals surface area contributed by atoms with E-state index in [1.807, 2.05) is 30.3 Å². The second kappa shape index (κ2) is 4.29. The topological polar surface area (TPSA) is 57.5 Å². The van der Waals surface area contributed by atoms with Crippen LogP contribution in [0.15, 0.2) is 42.5 Å². The molecule has 0 heterocycles. The van der Waals surface area contributed by atoms with E-state index in [1.54, 1.807) is 13.0 Å². The van der Waals surface area contributed by atoms with E-state index in [2.05, 4.69) is 0 Å². The van der Waals surface area contributed by atoms with Gasteiger partial charge >= 0.3 is 5.97 Å². The van der Waals surface area contributed by atoms with Crippen LogP contribution in [0.3, 0.4) is 0 Å². The zero-order valence-corrected chi connectivity index (χ0v) is 9.34. The summed E-state index contributed by atoms with van der Waals surface area (Å²) in [6, 6.07) is 12.5. The Balaban J connectivity index is 2.67. The van der Waals surface area contributed by atoms with Crippen LogP contribution in [0, 0.1) is 6.92 Å². The molecule has 2 rings (SSSR count). The van der Waals surface area contributed by atoms with Crippen LogP contribution in [-0.2, 0) is 0 Å². The predicted octanol–water partition coefficient (Wildman–Crippen LogP) is 3.07. The molecule has 0 saturated carbocycles. The molecule has 0 amide bonds. The van der Waals surface area contributed by atoms with Gasteiger partial charge in [0.15, 0.2) is 0 Å². The molecule has 3 heteroatoms. The molecule has 0 unspecified atom stereocenters. The molecule has 0 aliphatic heterocycles. The van der Waals surface area contributed by atoms with Crippen LogP contribution < -0.4 is 0 Å². The summed E-state index contributed by atoms with van der Waals surface area (Å²) in [5.74, 6) is -1.31. The van der Waals surface area contributed by atoms with Gasteiger partial charge in [-0.15, -0.1) is 0 Å². The van der Waals surface area contributed by atoms with Gasteiger partial charge in [-0.25, -0.2) is 4.79 Å². The molecule has 0 aliphatic carbocycles. The molecule has 0 aliphatic rings. The average molecular weight is 228 g/mol. The number of hydrogen-bond acceptors (Lipinski definition) is 2. The van der Waals surface area contributed by atoms with Crippen molar-refractivity contribution in [3.63, 3.8) is 0 Å². The smallest absolute Gasteiger partial charge is 0.339 e. The third-order valence-electron chi connectivity index (χ3n) is 2.57. The van der Waals surface area contributed by atoms with E-state index in [4.69, 9.17) is 5.11 Å². The summed E-state index contributed by atoms with van der Waals surface area (Å²) in [7, 11) is 0. The lowest BCUT2D eigenvalue weighted by Crippen LogP contribution is -1.98. The lowest BCUT2D eigenvalue weighted by atomic mass is 9.99. The molecule has 3 nitrogen and oxygen atoms in total. The molecule has 86 valence electrons. The molecule has 0 spiro atoms. The highest BCUT2D eigenvalue weighted by molar-refractivity contribution is 5.94. The van der Waals surface area contributed by atoms with E-state index < -0.39 is 5.97 Å². The Morgan fingerprint density at radius 1 is 1.12 bits per heavy atom. The standard InChI is InChI=1S/C14H12O3/c1-9-7-11(10-5-3-2-4-6-10)13(15)12(8-9)14(16)17/h2-8,15H,1H3,(H,16,17). The van der Waals surface area contributed by atoms with Crippen molar-refractivity contribution in [2.24, 2.45) is 0 Å². The Morgan fingerprint density at radius 2 is 1.76 bits per heavy atom. The van der Waals surface area contributed by atoms with Gasteiger partial charge in [0.2, 0.25) is 0 Å². The number of carbonyl (C=O) groups is 1. The van der Waals surface area contributed by atoms with Gasteiger partial charge in [0.05, 0.1) is 0 Å². The van der Waals surface area contributed by atoms with Crippen LogP contribution in [-0.4, -0.2) is 16.2 Å². The highest BCUT2D eigenvalue weighted by atomic mass is 16.4. The Kier molecular flexibility index (Phi) is 2.83. The Hall–Kier alpha value is -2.29. The number of hydrogen-bond donors (Lipinski definition) is 2. The maximum Gasteiger partial charge on any atom is 0.339 e. The van der Waals surface area contributed by atoms with Gasteiger partial charge in [0.25, 0.3) is 0 Å². The van der Waals surface area contributed by atoms with Crippen molar-refractivity contribution in [1.29, 1.82) is 0 Å². The van der Waals surface area contributed by atoms with E-state index in [-0.39, 0.29) is 11.3 Å². The minimum atomic E-state index is -1.12. The summed E-state index contributed by atoms with van der Waals surface area (Å²) >= 11 is 0. The fourth-order valence-electron chi connectivity index (χ4n) is 1.78. The molecule has 0 fully saturated rings. The SMILES string of the molecule is Cc1cc(C(=O)O)c(O)c(-c2ccccc2)c1. The van der Waals surface area contributed by atoms with Crippen molar-refractivity contribution >= 4 is 5.97 Å². The Morgan fingerprint density at radius 3 is 2.35 bits per heavy atom. The lowest BCUT2D eigenvalue weighted by molar-refractivity contribution is 0.0693. The first-order chi connectivity index (χ1) is 8.09. The van der Waals surface area contributed by atoms with Crippen LogP contribution in [0.2, 0.25) is 0 Å². The first-order valence-corrected chi connectivity index (χ1v) is 5.22. The predicted molar refractivity (Wildman–Crippen MR) is 65.2 cm³/mol. The van der Waals surface area contributed by atoms with Crippen molar-refractivity contribution in [3.05, 3.63) is 53.6 Å². The van der Waals surface area contributed by atoms with E-state index in [1.165, 1.54) is 6.07 Å². The van der Waals surface area contributed by atoms with Gasteiger partial charge in [-0.1, -0.05) is 30.3 Å². The molecule has 0 radical (unpaired) electrons. The highest BCUT2D eigenvalue weighted by Crippen LogP contribution is 2.33. The zero-order valence-electron chi connectivity index (χ0n) is 9.34. The van der Waals surface area contributed by atoms with Gasteiger partial charge < -0.3 is 10.2 Å². The molecule has 0 bridgehead atoms. The van der Waals surface area contributed by atoms with Gasteiger partial charge in [-0.2, -0.15) is 0 Å². The molecule has 17 heavy (non-hydrogen) atoms. The van der Waals surface area contributed by atoms with E-state index in [0.29, 0.717) is 5.56 Å². The molecule has 0 aromatic heterocycles. The number of rotatable bonds is 2. The fourth-order valence-corrected chi connectivity index (χ4v) is 1.78. The van der Waals surface area contributed by atoms with Crippen LogP contribution in [0.1, 0.15) is 15.9 Å². The normalized spacial score (nSPS) is 10.2. The molecule has 2 N–H and O–H groups in total. The van der Waals surface area contributed by atoms with Gasteiger partial charge in [-0.05, 0) is 30.2 Å². The van der Waals surface area contributed by atoms with E-state index >= 15 is 0 Å². The maximum atomic E-state index is 11.0. The minimum absolute atomic E-state index is 0.0659. The quantitative estimate of drug-likeness (QED) is 0.830. The van der Waals surface area contributed by atoms with Crippen molar-refractivity contribution in [1.82, 2.24) is 0 Å². The molecular weight excluding hydrogens is 216 g/mol. The molecule has 2 aromatic rings. The number of benzene rings is 2. The zero-order chi connectivity index (χ0) is 12.4. The average Bonchev–Trinajstić information content (AvgIpc) is 2.32. The van der Waals surface area contributed by atoms with Crippen LogP contribution in [0.4, 0.5) is 0 Å². The van der Waals surface area contributed by atoms with Crippen LogP contribution in [0.5, 0.6) is 5.75 Å². The van der Waals surface area contributed by atoms with E-state index in [9.17, 15) is 9.90 Å². The number of carboxylic acids is 1. The third-order valence-corrected chi connectivity index (χ3v) is 2.57. The third kappa shape index (κ3) is 2.13. The highest BCUT2D eigenvalue weighted by Gasteiger charge is 2.15. The Bertz CT molecular complexity index is 559. The summed E-state index contributed by atoms with van der Waals surface area (Å²) in [6.07, 6.45) is 0.